The van der Waals surface area contributed by atoms with Crippen molar-refractivity contribution in [2.24, 2.45) is 0 Å². The van der Waals surface area contributed by atoms with E-state index in [0.29, 0.717) is 22.4 Å². The number of rotatable bonds is 4. The molecule has 0 spiro atoms. The molecule has 2 heterocycles. The number of anilines is 1. The standard InChI is InChI=1S/C13H11ClN6O2/c1-8-6-11(18-22-8)15-12(21)7-20-17-13(16-19-20)9-2-4-10(14)5-3-9/h2-6H,7H2,1H3,(H,15,18,21). The molecule has 0 saturated heterocycles. The van der Waals surface area contributed by atoms with Crippen molar-refractivity contribution in [1.82, 2.24) is 25.4 Å². The van der Waals surface area contributed by atoms with Gasteiger partial charge in [0.05, 0.1) is 0 Å². The van der Waals surface area contributed by atoms with E-state index < -0.39 is 0 Å². The normalized spacial score (nSPS) is 10.6. The van der Waals surface area contributed by atoms with Crippen molar-refractivity contribution in [3.05, 3.63) is 41.1 Å². The first-order chi connectivity index (χ1) is 10.6. The van der Waals surface area contributed by atoms with E-state index in [9.17, 15) is 4.79 Å². The molecule has 3 aromatic rings. The summed E-state index contributed by atoms with van der Waals surface area (Å²) in [4.78, 5) is 13.0. The van der Waals surface area contributed by atoms with Gasteiger partial charge in [0.15, 0.2) is 5.82 Å². The van der Waals surface area contributed by atoms with E-state index in [1.54, 1.807) is 37.3 Å². The number of benzene rings is 1. The zero-order valence-electron chi connectivity index (χ0n) is 11.5. The number of tetrazole rings is 1. The van der Waals surface area contributed by atoms with E-state index >= 15 is 0 Å². The van der Waals surface area contributed by atoms with Gasteiger partial charge in [0, 0.05) is 16.7 Å². The molecule has 0 bridgehead atoms. The highest BCUT2D eigenvalue weighted by molar-refractivity contribution is 6.30. The number of aromatic nitrogens is 5. The summed E-state index contributed by atoms with van der Waals surface area (Å²) < 4.78 is 4.86. The summed E-state index contributed by atoms with van der Waals surface area (Å²) in [5.41, 5.74) is 0.767. The molecular weight excluding hydrogens is 308 g/mol. The van der Waals surface area contributed by atoms with Crippen LogP contribution in [0.1, 0.15) is 5.76 Å². The minimum atomic E-state index is -0.326. The Labute approximate surface area is 130 Å². The summed E-state index contributed by atoms with van der Waals surface area (Å²) >= 11 is 5.82. The molecular formula is C13H11ClN6O2. The molecule has 0 fully saturated rings. The van der Waals surface area contributed by atoms with Gasteiger partial charge in [-0.2, -0.15) is 4.80 Å². The SMILES string of the molecule is Cc1cc(NC(=O)Cn2nnc(-c3ccc(Cl)cc3)n2)no1. The summed E-state index contributed by atoms with van der Waals surface area (Å²) in [6.45, 7) is 1.66. The quantitative estimate of drug-likeness (QED) is 0.789. The van der Waals surface area contributed by atoms with Crippen LogP contribution in [0.2, 0.25) is 5.02 Å². The molecule has 0 unspecified atom stereocenters. The second-order valence-corrected chi connectivity index (χ2v) is 4.96. The molecule has 1 amide bonds. The van der Waals surface area contributed by atoms with Crippen LogP contribution < -0.4 is 5.32 Å². The fraction of sp³-hybridized carbons (Fsp3) is 0.154. The van der Waals surface area contributed by atoms with Crippen LogP contribution in [0.5, 0.6) is 0 Å². The molecule has 1 N–H and O–H groups in total. The Balaban J connectivity index is 1.66. The predicted octanol–water partition coefficient (Wildman–Crippen LogP) is 1.93. The summed E-state index contributed by atoms with van der Waals surface area (Å²) in [7, 11) is 0. The highest BCUT2D eigenvalue weighted by Gasteiger charge is 2.11. The fourth-order valence-electron chi connectivity index (χ4n) is 1.76. The van der Waals surface area contributed by atoms with E-state index in [1.807, 2.05) is 0 Å². The molecule has 8 nitrogen and oxygen atoms in total. The lowest BCUT2D eigenvalue weighted by atomic mass is 10.2. The fourth-order valence-corrected chi connectivity index (χ4v) is 1.89. The Morgan fingerprint density at radius 3 is 2.82 bits per heavy atom. The number of carbonyl (C=O) groups excluding carboxylic acids is 1. The largest absolute Gasteiger partial charge is 0.360 e. The van der Waals surface area contributed by atoms with Crippen LogP contribution in [0.15, 0.2) is 34.9 Å². The van der Waals surface area contributed by atoms with Gasteiger partial charge in [-0.1, -0.05) is 16.8 Å². The molecule has 0 atom stereocenters. The van der Waals surface area contributed by atoms with Crippen LogP contribution in [-0.2, 0) is 11.3 Å². The van der Waals surface area contributed by atoms with Crippen LogP contribution in [0.4, 0.5) is 5.82 Å². The first-order valence-electron chi connectivity index (χ1n) is 6.37. The van der Waals surface area contributed by atoms with Gasteiger partial charge in [0.1, 0.15) is 12.3 Å². The zero-order chi connectivity index (χ0) is 15.5. The van der Waals surface area contributed by atoms with Crippen molar-refractivity contribution in [2.75, 3.05) is 5.32 Å². The highest BCUT2D eigenvalue weighted by atomic mass is 35.5. The van der Waals surface area contributed by atoms with Gasteiger partial charge >= 0.3 is 0 Å². The molecule has 0 aliphatic heterocycles. The number of hydrogen-bond donors (Lipinski definition) is 1. The topological polar surface area (TPSA) is 98.7 Å². The Kier molecular flexibility index (Phi) is 3.84. The molecule has 0 aliphatic rings. The lowest BCUT2D eigenvalue weighted by molar-refractivity contribution is -0.117. The third-order valence-electron chi connectivity index (χ3n) is 2.74. The second kappa shape index (κ2) is 5.94. The van der Waals surface area contributed by atoms with E-state index in [1.165, 1.54) is 4.80 Å². The lowest BCUT2D eigenvalue weighted by Gasteiger charge is -1.99. The molecule has 112 valence electrons. The minimum Gasteiger partial charge on any atom is -0.360 e. The Bertz CT molecular complexity index is 795. The first-order valence-corrected chi connectivity index (χ1v) is 6.75. The molecule has 0 radical (unpaired) electrons. The van der Waals surface area contributed by atoms with Crippen LogP contribution in [0.25, 0.3) is 11.4 Å². The maximum Gasteiger partial charge on any atom is 0.249 e. The van der Waals surface area contributed by atoms with Crippen molar-refractivity contribution < 1.29 is 9.32 Å². The second-order valence-electron chi connectivity index (χ2n) is 4.52. The van der Waals surface area contributed by atoms with Crippen LogP contribution in [0.3, 0.4) is 0 Å². The minimum absolute atomic E-state index is 0.0769. The zero-order valence-corrected chi connectivity index (χ0v) is 12.3. The van der Waals surface area contributed by atoms with Crippen LogP contribution >= 0.6 is 11.6 Å². The molecule has 2 aromatic heterocycles. The van der Waals surface area contributed by atoms with Gasteiger partial charge in [0.25, 0.3) is 0 Å². The number of nitrogens with one attached hydrogen (secondary N) is 1. The summed E-state index contributed by atoms with van der Waals surface area (Å²) in [6, 6.07) is 8.64. The number of hydrogen-bond acceptors (Lipinski definition) is 6. The maximum atomic E-state index is 11.8. The van der Waals surface area contributed by atoms with Crippen molar-refractivity contribution in [1.29, 1.82) is 0 Å². The van der Waals surface area contributed by atoms with Crippen molar-refractivity contribution in [3.8, 4) is 11.4 Å². The average Bonchev–Trinajstić information content (AvgIpc) is 3.09. The summed E-state index contributed by atoms with van der Waals surface area (Å²) in [5, 5.41) is 18.8. The maximum absolute atomic E-state index is 11.8. The van der Waals surface area contributed by atoms with Gasteiger partial charge in [-0.25, -0.2) is 0 Å². The third-order valence-corrected chi connectivity index (χ3v) is 2.99. The van der Waals surface area contributed by atoms with Gasteiger partial charge in [0.2, 0.25) is 11.7 Å². The van der Waals surface area contributed by atoms with Crippen molar-refractivity contribution in [2.45, 2.75) is 13.5 Å². The van der Waals surface area contributed by atoms with Gasteiger partial charge in [-0.05, 0) is 36.4 Å². The number of carbonyl (C=O) groups is 1. The Morgan fingerprint density at radius 1 is 1.36 bits per heavy atom. The Morgan fingerprint density at radius 2 is 2.14 bits per heavy atom. The molecule has 22 heavy (non-hydrogen) atoms. The van der Waals surface area contributed by atoms with E-state index in [0.717, 1.165) is 5.56 Å². The van der Waals surface area contributed by atoms with E-state index in [-0.39, 0.29) is 12.5 Å². The molecule has 0 saturated carbocycles. The number of aryl methyl sites for hydroxylation is 1. The average molecular weight is 319 g/mol. The van der Waals surface area contributed by atoms with Crippen LogP contribution in [-0.4, -0.2) is 31.3 Å². The van der Waals surface area contributed by atoms with E-state index in [2.05, 4.69) is 25.9 Å². The van der Waals surface area contributed by atoms with Gasteiger partial charge < -0.3 is 9.84 Å². The number of amides is 1. The van der Waals surface area contributed by atoms with Crippen LogP contribution in [0, 0.1) is 6.92 Å². The molecule has 3 rings (SSSR count). The highest BCUT2D eigenvalue weighted by Crippen LogP contribution is 2.16. The monoisotopic (exact) mass is 318 g/mol. The molecule has 0 aliphatic carbocycles. The third kappa shape index (κ3) is 3.29. The lowest BCUT2D eigenvalue weighted by Crippen LogP contribution is -2.20. The molecule has 1 aromatic carbocycles. The summed E-state index contributed by atoms with van der Waals surface area (Å²) in [6.07, 6.45) is 0. The molecule has 9 heteroatoms. The van der Waals surface area contributed by atoms with Gasteiger partial charge in [-0.15, -0.1) is 10.2 Å². The van der Waals surface area contributed by atoms with Gasteiger partial charge in [-0.3, -0.25) is 4.79 Å². The predicted molar refractivity (Wildman–Crippen MR) is 78.1 cm³/mol. The summed E-state index contributed by atoms with van der Waals surface area (Å²) in [5.74, 6) is 1.05. The van der Waals surface area contributed by atoms with Crippen molar-refractivity contribution in [3.63, 3.8) is 0 Å². The van der Waals surface area contributed by atoms with E-state index in [4.69, 9.17) is 16.1 Å². The number of nitrogens with zero attached hydrogens (tertiary/aromatic N) is 5. The van der Waals surface area contributed by atoms with Crippen molar-refractivity contribution >= 4 is 23.3 Å². The smallest absolute Gasteiger partial charge is 0.249 e. The first kappa shape index (κ1) is 14.2. The number of halogens is 1. The Hall–Kier alpha value is -2.74.